The molecule has 194 valence electrons. The van der Waals surface area contributed by atoms with Gasteiger partial charge in [-0.2, -0.15) is 0 Å². The number of methoxy groups -OCH3 is 1. The number of unbranched alkanes of at least 4 members (excludes halogenated alkanes) is 4. The van der Waals surface area contributed by atoms with Gasteiger partial charge in [-0.3, -0.25) is 9.59 Å². The van der Waals surface area contributed by atoms with Gasteiger partial charge < -0.3 is 19.5 Å². The number of carbonyl (C=O) groups excluding carboxylic acids is 2. The Hall–Kier alpha value is -3.28. The molecule has 6 heteroatoms. The van der Waals surface area contributed by atoms with Crippen molar-refractivity contribution in [3.63, 3.8) is 0 Å². The Morgan fingerprint density at radius 1 is 0.972 bits per heavy atom. The largest absolute Gasteiger partial charge is 0.497 e. The first-order valence-electron chi connectivity index (χ1n) is 13.1. The van der Waals surface area contributed by atoms with Crippen LogP contribution in [0.1, 0.15) is 74.2 Å². The van der Waals surface area contributed by atoms with E-state index in [0.29, 0.717) is 30.9 Å². The predicted octanol–water partition coefficient (Wildman–Crippen LogP) is 6.07. The molecule has 0 saturated carbocycles. The van der Waals surface area contributed by atoms with E-state index < -0.39 is 5.92 Å². The first-order chi connectivity index (χ1) is 17.5. The second-order valence-electron chi connectivity index (χ2n) is 9.16. The molecule has 1 aliphatic rings. The van der Waals surface area contributed by atoms with E-state index in [-0.39, 0.29) is 23.8 Å². The van der Waals surface area contributed by atoms with E-state index in [9.17, 15) is 9.59 Å². The summed E-state index contributed by atoms with van der Waals surface area (Å²) in [5.74, 6) is 0.501. The Balaban J connectivity index is 1.55. The molecule has 0 fully saturated rings. The zero-order valence-electron chi connectivity index (χ0n) is 21.7. The SMILES string of the molecule is CCCCCCCOc1ccc(C(=O)N[C@@H]2C=C[C@H]([C@H](C(=O)OCC)c3cccc(OC)c3)C2)cc1. The highest BCUT2D eigenvalue weighted by atomic mass is 16.5. The number of carbonyl (C=O) groups is 2. The molecule has 0 bridgehead atoms. The van der Waals surface area contributed by atoms with Crippen LogP contribution in [-0.4, -0.2) is 38.2 Å². The summed E-state index contributed by atoms with van der Waals surface area (Å²) in [6.45, 7) is 5.02. The van der Waals surface area contributed by atoms with Crippen molar-refractivity contribution < 1.29 is 23.8 Å². The molecule has 2 aromatic carbocycles. The quantitative estimate of drug-likeness (QED) is 0.197. The van der Waals surface area contributed by atoms with Crippen molar-refractivity contribution in [3.8, 4) is 11.5 Å². The van der Waals surface area contributed by atoms with Gasteiger partial charge in [0.1, 0.15) is 11.5 Å². The number of hydrogen-bond acceptors (Lipinski definition) is 5. The monoisotopic (exact) mass is 493 g/mol. The van der Waals surface area contributed by atoms with Gasteiger partial charge in [-0.1, -0.05) is 56.9 Å². The summed E-state index contributed by atoms with van der Waals surface area (Å²) in [5, 5.41) is 3.07. The molecule has 1 N–H and O–H groups in total. The molecule has 3 rings (SSSR count). The van der Waals surface area contributed by atoms with Gasteiger partial charge in [0.25, 0.3) is 5.91 Å². The van der Waals surface area contributed by atoms with Gasteiger partial charge in [-0.15, -0.1) is 0 Å². The minimum absolute atomic E-state index is 0.0884. The summed E-state index contributed by atoms with van der Waals surface area (Å²) in [6, 6.07) is 14.6. The maximum atomic E-state index is 12.9. The smallest absolute Gasteiger partial charge is 0.314 e. The molecule has 1 aliphatic carbocycles. The zero-order chi connectivity index (χ0) is 25.8. The molecule has 0 radical (unpaired) electrons. The molecule has 0 aliphatic heterocycles. The van der Waals surface area contributed by atoms with Crippen molar-refractivity contribution in [3.05, 3.63) is 71.8 Å². The number of ether oxygens (including phenoxy) is 3. The molecule has 3 atom stereocenters. The van der Waals surface area contributed by atoms with Gasteiger partial charge in [0.05, 0.1) is 26.2 Å². The van der Waals surface area contributed by atoms with Gasteiger partial charge in [0, 0.05) is 11.6 Å². The summed E-state index contributed by atoms with van der Waals surface area (Å²) in [5.41, 5.74) is 1.42. The number of allylic oxidation sites excluding steroid dienone is 1. The van der Waals surface area contributed by atoms with Crippen LogP contribution in [0.4, 0.5) is 0 Å². The number of rotatable bonds is 14. The molecule has 0 saturated heterocycles. The van der Waals surface area contributed by atoms with Crippen LogP contribution in [0.2, 0.25) is 0 Å². The van der Waals surface area contributed by atoms with Crippen molar-refractivity contribution in [2.24, 2.45) is 5.92 Å². The van der Waals surface area contributed by atoms with Gasteiger partial charge in [-0.05, 0) is 67.6 Å². The Morgan fingerprint density at radius 3 is 2.47 bits per heavy atom. The average Bonchev–Trinajstić information content (AvgIpc) is 3.34. The van der Waals surface area contributed by atoms with Gasteiger partial charge in [0.2, 0.25) is 0 Å². The van der Waals surface area contributed by atoms with Crippen molar-refractivity contribution >= 4 is 11.9 Å². The molecule has 2 aromatic rings. The maximum absolute atomic E-state index is 12.9. The van der Waals surface area contributed by atoms with E-state index in [1.54, 1.807) is 26.2 Å². The second kappa shape index (κ2) is 14.3. The van der Waals surface area contributed by atoms with Crippen LogP contribution in [0.5, 0.6) is 11.5 Å². The number of nitrogens with one attached hydrogen (secondary N) is 1. The predicted molar refractivity (Wildman–Crippen MR) is 142 cm³/mol. The third-order valence-electron chi connectivity index (χ3n) is 6.49. The summed E-state index contributed by atoms with van der Waals surface area (Å²) in [4.78, 5) is 25.7. The van der Waals surface area contributed by atoms with Gasteiger partial charge in [-0.25, -0.2) is 0 Å². The lowest BCUT2D eigenvalue weighted by atomic mass is 9.85. The average molecular weight is 494 g/mol. The van der Waals surface area contributed by atoms with Crippen LogP contribution < -0.4 is 14.8 Å². The van der Waals surface area contributed by atoms with E-state index in [0.717, 1.165) is 17.7 Å². The molecular weight excluding hydrogens is 454 g/mol. The highest BCUT2D eigenvalue weighted by Crippen LogP contribution is 2.35. The molecule has 0 aromatic heterocycles. The van der Waals surface area contributed by atoms with E-state index in [4.69, 9.17) is 14.2 Å². The lowest BCUT2D eigenvalue weighted by molar-refractivity contribution is -0.146. The number of amides is 1. The summed E-state index contributed by atoms with van der Waals surface area (Å²) < 4.78 is 16.5. The highest BCUT2D eigenvalue weighted by Gasteiger charge is 2.34. The summed E-state index contributed by atoms with van der Waals surface area (Å²) in [7, 11) is 1.60. The van der Waals surface area contributed by atoms with Crippen molar-refractivity contribution in [2.45, 2.75) is 64.3 Å². The molecule has 6 nitrogen and oxygen atoms in total. The third-order valence-corrected chi connectivity index (χ3v) is 6.49. The topological polar surface area (TPSA) is 73.9 Å². The van der Waals surface area contributed by atoms with E-state index in [2.05, 4.69) is 12.2 Å². The van der Waals surface area contributed by atoms with Gasteiger partial charge >= 0.3 is 5.97 Å². The Bertz CT molecular complexity index is 1000. The molecule has 0 spiro atoms. The first kappa shape index (κ1) is 27.3. The van der Waals surface area contributed by atoms with Crippen LogP contribution >= 0.6 is 0 Å². The standard InChI is InChI=1S/C30H39NO5/c1-4-6-7-8-9-19-36-26-17-14-22(15-18-26)29(32)31-25-16-13-24(20-25)28(30(33)35-5-2)23-11-10-12-27(21-23)34-3/h10-18,21,24-25,28H,4-9,19-20H2,1-3H3,(H,31,32)/t24-,25+,28+/m0/s1. The molecule has 36 heavy (non-hydrogen) atoms. The summed E-state index contributed by atoms with van der Waals surface area (Å²) >= 11 is 0. The normalized spacial score (nSPS) is 17.4. The van der Waals surface area contributed by atoms with E-state index in [1.165, 1.54) is 25.7 Å². The minimum atomic E-state index is -0.461. The van der Waals surface area contributed by atoms with Gasteiger partial charge in [0.15, 0.2) is 0 Å². The van der Waals surface area contributed by atoms with Crippen molar-refractivity contribution in [1.82, 2.24) is 5.32 Å². The Morgan fingerprint density at radius 2 is 1.75 bits per heavy atom. The van der Waals surface area contributed by atoms with Crippen molar-refractivity contribution in [2.75, 3.05) is 20.3 Å². The Labute approximate surface area is 215 Å². The fourth-order valence-electron chi connectivity index (χ4n) is 4.56. The molecular formula is C30H39NO5. The minimum Gasteiger partial charge on any atom is -0.497 e. The fourth-order valence-corrected chi connectivity index (χ4v) is 4.56. The van der Waals surface area contributed by atoms with E-state index >= 15 is 0 Å². The second-order valence-corrected chi connectivity index (χ2v) is 9.16. The van der Waals surface area contributed by atoms with Crippen LogP contribution in [0.3, 0.4) is 0 Å². The highest BCUT2D eigenvalue weighted by molar-refractivity contribution is 5.94. The number of hydrogen-bond donors (Lipinski definition) is 1. The molecule has 0 unspecified atom stereocenters. The molecule has 1 amide bonds. The number of esters is 1. The number of benzene rings is 2. The first-order valence-corrected chi connectivity index (χ1v) is 13.1. The maximum Gasteiger partial charge on any atom is 0.314 e. The summed E-state index contributed by atoms with van der Waals surface area (Å²) in [6.07, 6.45) is 10.6. The third kappa shape index (κ3) is 7.87. The van der Waals surface area contributed by atoms with Crippen molar-refractivity contribution in [1.29, 1.82) is 0 Å². The van der Waals surface area contributed by atoms with Crippen LogP contribution in [0.15, 0.2) is 60.7 Å². The lowest BCUT2D eigenvalue weighted by Crippen LogP contribution is -2.33. The van der Waals surface area contributed by atoms with Crippen LogP contribution in [0, 0.1) is 5.92 Å². The van der Waals surface area contributed by atoms with Crippen LogP contribution in [0.25, 0.3) is 0 Å². The Kier molecular flexibility index (Phi) is 10.9. The van der Waals surface area contributed by atoms with E-state index in [1.807, 2.05) is 48.6 Å². The fraction of sp³-hybridized carbons (Fsp3) is 0.467. The molecule has 0 heterocycles. The lowest BCUT2D eigenvalue weighted by Gasteiger charge is -2.23. The van der Waals surface area contributed by atoms with Crippen LogP contribution in [-0.2, 0) is 9.53 Å². The zero-order valence-corrected chi connectivity index (χ0v) is 21.7.